The molecule has 1 aromatic heterocycles. The normalized spacial score (nSPS) is 12.1. The fourth-order valence-corrected chi connectivity index (χ4v) is 2.18. The zero-order valence-corrected chi connectivity index (χ0v) is 11.5. The Kier molecular flexibility index (Phi) is 4.92. The molecule has 5 heteroatoms. The first-order chi connectivity index (χ1) is 9.71. The number of hydrazine groups is 1. The molecule has 1 heterocycles. The van der Waals surface area contributed by atoms with Crippen molar-refractivity contribution in [3.8, 4) is 5.75 Å². The number of rotatable bonds is 6. The number of pyridine rings is 1. The number of hydrogen-bond acceptors (Lipinski definition) is 5. The Hall–Kier alpha value is -2.11. The highest BCUT2D eigenvalue weighted by molar-refractivity contribution is 5.33. The summed E-state index contributed by atoms with van der Waals surface area (Å²) in [5.74, 6) is 7.03. The van der Waals surface area contributed by atoms with Crippen LogP contribution in [0.2, 0.25) is 0 Å². The monoisotopic (exact) mass is 272 g/mol. The number of ether oxygens (including phenoxy) is 1. The standard InChI is InChI=1S/C15H20N4O/c1-20-14-4-2-3-11(9-14)7-13(19-17)8-12-5-6-18-15(16)10-12/h2-6,9-10,13,19H,7-8,17H2,1H3,(H2,16,18). The summed E-state index contributed by atoms with van der Waals surface area (Å²) in [5, 5.41) is 0. The summed E-state index contributed by atoms with van der Waals surface area (Å²) in [4.78, 5) is 3.99. The van der Waals surface area contributed by atoms with E-state index in [1.807, 2.05) is 30.3 Å². The molecule has 2 rings (SSSR count). The number of nitrogens with zero attached hydrogens (tertiary/aromatic N) is 1. The Morgan fingerprint density at radius 2 is 1.95 bits per heavy atom. The van der Waals surface area contributed by atoms with Crippen LogP contribution in [0.1, 0.15) is 11.1 Å². The number of hydrogen-bond donors (Lipinski definition) is 3. The Balaban J connectivity index is 2.05. The predicted octanol–water partition coefficient (Wildman–Crippen LogP) is 1.29. The van der Waals surface area contributed by atoms with Gasteiger partial charge in [-0.05, 0) is 48.2 Å². The summed E-state index contributed by atoms with van der Waals surface area (Å²) in [5.41, 5.74) is 10.8. The maximum absolute atomic E-state index is 5.69. The number of anilines is 1. The van der Waals surface area contributed by atoms with Crippen molar-refractivity contribution in [3.05, 3.63) is 53.7 Å². The summed E-state index contributed by atoms with van der Waals surface area (Å²) < 4.78 is 5.23. The van der Waals surface area contributed by atoms with E-state index in [1.54, 1.807) is 13.3 Å². The molecule has 0 saturated carbocycles. The van der Waals surface area contributed by atoms with E-state index in [1.165, 1.54) is 5.56 Å². The highest BCUT2D eigenvalue weighted by Crippen LogP contribution is 2.15. The molecule has 2 aromatic rings. The Bertz CT molecular complexity index is 559. The number of aromatic nitrogens is 1. The van der Waals surface area contributed by atoms with Crippen LogP contribution in [0.15, 0.2) is 42.6 Å². The van der Waals surface area contributed by atoms with E-state index in [-0.39, 0.29) is 6.04 Å². The maximum Gasteiger partial charge on any atom is 0.123 e. The molecule has 0 aliphatic heterocycles. The van der Waals surface area contributed by atoms with E-state index in [2.05, 4.69) is 16.5 Å². The fourth-order valence-electron chi connectivity index (χ4n) is 2.18. The Morgan fingerprint density at radius 3 is 2.60 bits per heavy atom. The number of benzene rings is 1. The van der Waals surface area contributed by atoms with Crippen molar-refractivity contribution in [2.75, 3.05) is 12.8 Å². The lowest BCUT2D eigenvalue weighted by atomic mass is 10.00. The average molecular weight is 272 g/mol. The number of nitrogens with one attached hydrogen (secondary N) is 1. The zero-order chi connectivity index (χ0) is 14.4. The average Bonchev–Trinajstić information content (AvgIpc) is 2.47. The van der Waals surface area contributed by atoms with Gasteiger partial charge < -0.3 is 10.5 Å². The van der Waals surface area contributed by atoms with Crippen LogP contribution in [0, 0.1) is 0 Å². The molecule has 1 unspecified atom stereocenters. The van der Waals surface area contributed by atoms with Crippen LogP contribution in [-0.2, 0) is 12.8 Å². The van der Waals surface area contributed by atoms with Crippen LogP contribution in [0.25, 0.3) is 0 Å². The van der Waals surface area contributed by atoms with Crippen molar-refractivity contribution in [3.63, 3.8) is 0 Å². The van der Waals surface area contributed by atoms with E-state index in [9.17, 15) is 0 Å². The molecule has 106 valence electrons. The molecule has 1 aromatic carbocycles. The van der Waals surface area contributed by atoms with E-state index >= 15 is 0 Å². The third kappa shape index (κ3) is 3.94. The topological polar surface area (TPSA) is 86.2 Å². The third-order valence-electron chi connectivity index (χ3n) is 3.18. The van der Waals surface area contributed by atoms with Gasteiger partial charge in [-0.25, -0.2) is 4.98 Å². The molecular formula is C15H20N4O. The van der Waals surface area contributed by atoms with E-state index in [0.29, 0.717) is 5.82 Å². The maximum atomic E-state index is 5.69. The van der Waals surface area contributed by atoms with E-state index in [0.717, 1.165) is 24.2 Å². The minimum Gasteiger partial charge on any atom is -0.497 e. The molecular weight excluding hydrogens is 252 g/mol. The molecule has 0 saturated heterocycles. The van der Waals surface area contributed by atoms with Crippen LogP contribution < -0.4 is 21.7 Å². The van der Waals surface area contributed by atoms with Crippen molar-refractivity contribution in [2.45, 2.75) is 18.9 Å². The molecule has 0 aliphatic carbocycles. The smallest absolute Gasteiger partial charge is 0.123 e. The van der Waals surface area contributed by atoms with Crippen LogP contribution >= 0.6 is 0 Å². The van der Waals surface area contributed by atoms with Gasteiger partial charge in [-0.15, -0.1) is 0 Å². The summed E-state index contributed by atoms with van der Waals surface area (Å²) in [6.07, 6.45) is 3.32. The van der Waals surface area contributed by atoms with E-state index < -0.39 is 0 Å². The Labute approximate surface area is 118 Å². The molecule has 5 N–H and O–H groups in total. The summed E-state index contributed by atoms with van der Waals surface area (Å²) >= 11 is 0. The predicted molar refractivity (Wildman–Crippen MR) is 80.2 cm³/mol. The van der Waals surface area contributed by atoms with Gasteiger partial charge in [0.1, 0.15) is 11.6 Å². The largest absolute Gasteiger partial charge is 0.497 e. The minimum atomic E-state index is 0.129. The lowest BCUT2D eigenvalue weighted by molar-refractivity contribution is 0.413. The van der Waals surface area contributed by atoms with Crippen molar-refractivity contribution in [1.29, 1.82) is 0 Å². The highest BCUT2D eigenvalue weighted by Gasteiger charge is 2.10. The van der Waals surface area contributed by atoms with Gasteiger partial charge in [-0.2, -0.15) is 0 Å². The molecule has 5 nitrogen and oxygen atoms in total. The third-order valence-corrected chi connectivity index (χ3v) is 3.18. The lowest BCUT2D eigenvalue weighted by Crippen LogP contribution is -2.38. The summed E-state index contributed by atoms with van der Waals surface area (Å²) in [6, 6.07) is 11.9. The fraction of sp³-hybridized carbons (Fsp3) is 0.267. The number of methoxy groups -OCH3 is 1. The zero-order valence-electron chi connectivity index (χ0n) is 11.5. The van der Waals surface area contributed by atoms with Gasteiger partial charge in [-0.1, -0.05) is 12.1 Å². The second-order valence-electron chi connectivity index (χ2n) is 4.71. The summed E-state index contributed by atoms with van der Waals surface area (Å²) in [6.45, 7) is 0. The second-order valence-corrected chi connectivity index (χ2v) is 4.71. The molecule has 0 fully saturated rings. The SMILES string of the molecule is COc1cccc(CC(Cc2ccnc(N)c2)NN)c1. The number of nitrogen functional groups attached to an aromatic ring is 1. The minimum absolute atomic E-state index is 0.129. The van der Waals surface area contributed by atoms with Gasteiger partial charge in [-0.3, -0.25) is 11.3 Å². The summed E-state index contributed by atoms with van der Waals surface area (Å²) in [7, 11) is 1.66. The molecule has 0 aliphatic rings. The van der Waals surface area contributed by atoms with Gasteiger partial charge in [0.2, 0.25) is 0 Å². The first-order valence-electron chi connectivity index (χ1n) is 6.50. The van der Waals surface area contributed by atoms with Gasteiger partial charge >= 0.3 is 0 Å². The van der Waals surface area contributed by atoms with Gasteiger partial charge in [0.05, 0.1) is 7.11 Å². The van der Waals surface area contributed by atoms with Gasteiger partial charge in [0, 0.05) is 12.2 Å². The van der Waals surface area contributed by atoms with Crippen LogP contribution in [0.4, 0.5) is 5.82 Å². The molecule has 0 radical (unpaired) electrons. The second kappa shape index (κ2) is 6.88. The van der Waals surface area contributed by atoms with Crippen molar-refractivity contribution in [2.24, 2.45) is 5.84 Å². The lowest BCUT2D eigenvalue weighted by Gasteiger charge is -2.16. The molecule has 0 amide bonds. The molecule has 0 bridgehead atoms. The first kappa shape index (κ1) is 14.3. The number of nitrogens with two attached hydrogens (primary N) is 2. The quantitative estimate of drug-likeness (QED) is 0.545. The first-order valence-corrected chi connectivity index (χ1v) is 6.50. The highest BCUT2D eigenvalue weighted by atomic mass is 16.5. The van der Waals surface area contributed by atoms with Crippen LogP contribution in [0.5, 0.6) is 5.75 Å². The molecule has 1 atom stereocenters. The van der Waals surface area contributed by atoms with E-state index in [4.69, 9.17) is 16.3 Å². The van der Waals surface area contributed by atoms with Crippen molar-refractivity contribution in [1.82, 2.24) is 10.4 Å². The molecule has 0 spiro atoms. The Morgan fingerprint density at radius 1 is 1.20 bits per heavy atom. The van der Waals surface area contributed by atoms with Gasteiger partial charge in [0.15, 0.2) is 0 Å². The van der Waals surface area contributed by atoms with Crippen molar-refractivity contribution < 1.29 is 4.74 Å². The van der Waals surface area contributed by atoms with Crippen molar-refractivity contribution >= 4 is 5.82 Å². The van der Waals surface area contributed by atoms with Crippen LogP contribution in [-0.4, -0.2) is 18.1 Å². The molecule has 20 heavy (non-hydrogen) atoms. The van der Waals surface area contributed by atoms with Crippen LogP contribution in [0.3, 0.4) is 0 Å². The van der Waals surface area contributed by atoms with Gasteiger partial charge in [0.25, 0.3) is 0 Å².